The van der Waals surface area contributed by atoms with Crippen LogP contribution in [0.3, 0.4) is 0 Å². The number of carbonyl (C=O) groups is 2. The topological polar surface area (TPSA) is 73.9 Å². The van der Waals surface area contributed by atoms with Gasteiger partial charge in [0.05, 0.1) is 14.2 Å². The van der Waals surface area contributed by atoms with E-state index in [1.807, 2.05) is 30.3 Å². The van der Waals surface area contributed by atoms with Gasteiger partial charge in [0.1, 0.15) is 5.25 Å². The first-order valence-electron chi connectivity index (χ1n) is 8.39. The summed E-state index contributed by atoms with van der Waals surface area (Å²) in [7, 11) is 3.05. The minimum atomic E-state index is -0.926. The molecular formula is C20H23NO5S. The predicted molar refractivity (Wildman–Crippen MR) is 105 cm³/mol. The van der Waals surface area contributed by atoms with Gasteiger partial charge in [0.15, 0.2) is 17.6 Å². The highest BCUT2D eigenvalue weighted by Gasteiger charge is 2.23. The summed E-state index contributed by atoms with van der Waals surface area (Å²) < 4.78 is 15.7. The van der Waals surface area contributed by atoms with E-state index in [1.165, 1.54) is 32.9 Å². The summed E-state index contributed by atoms with van der Waals surface area (Å²) in [5.74, 6) is 0.181. The van der Waals surface area contributed by atoms with Gasteiger partial charge in [-0.15, -0.1) is 11.8 Å². The second-order valence-corrected chi connectivity index (χ2v) is 7.13. The van der Waals surface area contributed by atoms with E-state index in [4.69, 9.17) is 14.2 Å². The van der Waals surface area contributed by atoms with Crippen LogP contribution in [0.2, 0.25) is 0 Å². The van der Waals surface area contributed by atoms with E-state index in [1.54, 1.807) is 25.1 Å². The average molecular weight is 389 g/mol. The third-order valence-corrected chi connectivity index (χ3v) is 4.79. The molecule has 0 saturated heterocycles. The lowest BCUT2D eigenvalue weighted by Gasteiger charge is -2.17. The second kappa shape index (κ2) is 9.87. The van der Waals surface area contributed by atoms with Gasteiger partial charge in [-0.1, -0.05) is 18.2 Å². The molecule has 0 unspecified atom stereocenters. The molecule has 0 aliphatic rings. The molecular weight excluding hydrogens is 366 g/mol. The number of rotatable bonds is 8. The maximum absolute atomic E-state index is 12.3. The largest absolute Gasteiger partial charge is 0.493 e. The van der Waals surface area contributed by atoms with Crippen LogP contribution in [0, 0.1) is 0 Å². The van der Waals surface area contributed by atoms with Crippen LogP contribution in [0.25, 0.3) is 0 Å². The van der Waals surface area contributed by atoms with Crippen molar-refractivity contribution in [2.75, 3.05) is 19.5 Å². The van der Waals surface area contributed by atoms with E-state index in [0.29, 0.717) is 17.2 Å². The first-order valence-corrected chi connectivity index (χ1v) is 9.27. The molecule has 1 N–H and O–H groups in total. The first kappa shape index (κ1) is 20.6. The van der Waals surface area contributed by atoms with Crippen molar-refractivity contribution in [1.29, 1.82) is 0 Å². The van der Waals surface area contributed by atoms with Crippen LogP contribution in [-0.4, -0.2) is 37.4 Å². The quantitative estimate of drug-likeness (QED) is 0.547. The number of methoxy groups -OCH3 is 2. The molecule has 27 heavy (non-hydrogen) atoms. The van der Waals surface area contributed by atoms with Crippen molar-refractivity contribution in [3.05, 3.63) is 48.5 Å². The van der Waals surface area contributed by atoms with Crippen molar-refractivity contribution in [2.24, 2.45) is 0 Å². The van der Waals surface area contributed by atoms with Crippen molar-refractivity contribution in [3.63, 3.8) is 0 Å². The maximum Gasteiger partial charge on any atom is 0.319 e. The second-order valence-electron chi connectivity index (χ2n) is 5.71. The summed E-state index contributed by atoms with van der Waals surface area (Å²) in [5, 5.41) is 2.28. The molecule has 0 heterocycles. The van der Waals surface area contributed by atoms with Crippen molar-refractivity contribution in [1.82, 2.24) is 0 Å². The lowest BCUT2D eigenvalue weighted by molar-refractivity contribution is -0.152. The van der Waals surface area contributed by atoms with Crippen LogP contribution in [-0.2, 0) is 14.3 Å². The number of thioether (sulfide) groups is 1. The lowest BCUT2D eigenvalue weighted by Crippen LogP contribution is -2.32. The minimum Gasteiger partial charge on any atom is -0.493 e. The highest BCUT2D eigenvalue weighted by Crippen LogP contribution is 2.30. The van der Waals surface area contributed by atoms with Gasteiger partial charge in [0.25, 0.3) is 5.91 Å². The van der Waals surface area contributed by atoms with Crippen LogP contribution in [0.1, 0.15) is 13.8 Å². The number of anilines is 1. The molecule has 0 spiro atoms. The molecule has 144 valence electrons. The number of hydrogen-bond acceptors (Lipinski definition) is 6. The van der Waals surface area contributed by atoms with Crippen LogP contribution in [0.4, 0.5) is 5.69 Å². The fourth-order valence-corrected chi connectivity index (χ4v) is 3.11. The van der Waals surface area contributed by atoms with Gasteiger partial charge in [-0.2, -0.15) is 0 Å². The fraction of sp³-hybridized carbons (Fsp3) is 0.300. The van der Waals surface area contributed by atoms with E-state index in [0.717, 1.165) is 4.90 Å². The molecule has 0 aliphatic heterocycles. The number of carbonyl (C=O) groups excluding carboxylic acids is 2. The monoisotopic (exact) mass is 389 g/mol. The first-order chi connectivity index (χ1) is 12.9. The Morgan fingerprint density at radius 2 is 1.63 bits per heavy atom. The molecule has 0 saturated carbocycles. The predicted octanol–water partition coefficient (Wildman–Crippen LogP) is 3.75. The van der Waals surface area contributed by atoms with Gasteiger partial charge < -0.3 is 19.5 Å². The SMILES string of the molecule is COc1ccc(NC(=O)[C@H](C)OC(=O)[C@@H](C)Sc2ccccc2)cc1OC. The summed E-state index contributed by atoms with van der Waals surface area (Å²) in [6.07, 6.45) is -0.926. The highest BCUT2D eigenvalue weighted by atomic mass is 32.2. The van der Waals surface area contributed by atoms with E-state index in [9.17, 15) is 9.59 Å². The van der Waals surface area contributed by atoms with E-state index in [-0.39, 0.29) is 0 Å². The Balaban J connectivity index is 1.92. The zero-order chi connectivity index (χ0) is 19.8. The molecule has 0 bridgehead atoms. The Hall–Kier alpha value is -2.67. The Bertz CT molecular complexity index is 781. The third-order valence-electron chi connectivity index (χ3n) is 3.70. The normalized spacial score (nSPS) is 12.6. The van der Waals surface area contributed by atoms with Crippen LogP contribution < -0.4 is 14.8 Å². The van der Waals surface area contributed by atoms with Crippen molar-refractivity contribution in [3.8, 4) is 11.5 Å². The summed E-state index contributed by atoms with van der Waals surface area (Å²) in [6.45, 7) is 3.28. The van der Waals surface area contributed by atoms with E-state index in [2.05, 4.69) is 5.32 Å². The smallest absolute Gasteiger partial charge is 0.319 e. The van der Waals surface area contributed by atoms with Gasteiger partial charge in [0, 0.05) is 16.6 Å². The zero-order valence-corrected chi connectivity index (χ0v) is 16.5. The molecule has 6 nitrogen and oxygen atoms in total. The van der Waals surface area contributed by atoms with Crippen molar-refractivity contribution in [2.45, 2.75) is 30.1 Å². The Labute approximate surface area is 163 Å². The van der Waals surface area contributed by atoms with Gasteiger partial charge in [-0.3, -0.25) is 9.59 Å². The maximum atomic E-state index is 12.3. The number of nitrogens with one attached hydrogen (secondary N) is 1. The molecule has 7 heteroatoms. The van der Waals surface area contributed by atoms with Crippen molar-refractivity contribution < 1.29 is 23.8 Å². The van der Waals surface area contributed by atoms with Gasteiger partial charge in [0.2, 0.25) is 0 Å². The summed E-state index contributed by atoms with van der Waals surface area (Å²) in [6, 6.07) is 14.6. The van der Waals surface area contributed by atoms with E-state index < -0.39 is 23.2 Å². The van der Waals surface area contributed by atoms with Crippen LogP contribution in [0.15, 0.2) is 53.4 Å². The van der Waals surface area contributed by atoms with Gasteiger partial charge in [-0.05, 0) is 38.1 Å². The highest BCUT2D eigenvalue weighted by molar-refractivity contribution is 8.00. The molecule has 2 atom stereocenters. The standard InChI is InChI=1S/C20H23NO5S/c1-13(26-20(23)14(2)27-16-8-6-5-7-9-16)19(22)21-15-10-11-17(24-3)18(12-15)25-4/h5-14H,1-4H3,(H,21,22)/t13-,14+/m0/s1. The van der Waals surface area contributed by atoms with Crippen LogP contribution in [0.5, 0.6) is 11.5 Å². The summed E-state index contributed by atoms with van der Waals surface area (Å²) in [5.41, 5.74) is 0.521. The molecule has 0 fully saturated rings. The van der Waals surface area contributed by atoms with Gasteiger partial charge in [-0.25, -0.2) is 0 Å². The number of amides is 1. The molecule has 0 aromatic heterocycles. The zero-order valence-electron chi connectivity index (χ0n) is 15.7. The number of benzene rings is 2. The lowest BCUT2D eigenvalue weighted by atomic mass is 10.2. The fourth-order valence-electron chi connectivity index (χ4n) is 2.23. The van der Waals surface area contributed by atoms with Gasteiger partial charge >= 0.3 is 5.97 Å². The Morgan fingerprint density at radius 3 is 2.26 bits per heavy atom. The van der Waals surface area contributed by atoms with E-state index >= 15 is 0 Å². The molecule has 2 aromatic carbocycles. The minimum absolute atomic E-state index is 0.424. The Kier molecular flexibility index (Phi) is 7.55. The number of esters is 1. The van der Waals surface area contributed by atoms with Crippen molar-refractivity contribution >= 4 is 29.3 Å². The Morgan fingerprint density at radius 1 is 0.963 bits per heavy atom. The molecule has 0 aliphatic carbocycles. The molecule has 2 aromatic rings. The molecule has 0 radical (unpaired) electrons. The molecule has 1 amide bonds. The number of hydrogen-bond donors (Lipinski definition) is 1. The summed E-state index contributed by atoms with van der Waals surface area (Å²) >= 11 is 1.38. The third kappa shape index (κ3) is 5.92. The summed E-state index contributed by atoms with van der Waals surface area (Å²) in [4.78, 5) is 25.5. The number of ether oxygens (including phenoxy) is 3. The van der Waals surface area contributed by atoms with Crippen LogP contribution >= 0.6 is 11.8 Å². The average Bonchev–Trinajstić information content (AvgIpc) is 2.68. The molecule has 2 rings (SSSR count).